The summed E-state index contributed by atoms with van der Waals surface area (Å²) in [5.41, 5.74) is 1.16. The Labute approximate surface area is 167 Å². The number of carboxylic acid groups (broad SMARTS) is 1. The van der Waals surface area contributed by atoms with Crippen LogP contribution in [0.5, 0.6) is 0 Å². The highest BCUT2D eigenvalue weighted by Gasteiger charge is 2.51. The van der Waals surface area contributed by atoms with Crippen molar-refractivity contribution in [3.8, 4) is 0 Å². The van der Waals surface area contributed by atoms with Crippen molar-refractivity contribution in [2.75, 3.05) is 13.2 Å². The first kappa shape index (κ1) is 18.4. The van der Waals surface area contributed by atoms with E-state index in [1.54, 1.807) is 0 Å². The fourth-order valence-electron chi connectivity index (χ4n) is 6.39. The fraction of sp³-hybridized carbons (Fsp3) is 0.700. The summed E-state index contributed by atoms with van der Waals surface area (Å²) in [4.78, 5) is 46.1. The number of esters is 1. The van der Waals surface area contributed by atoms with Crippen molar-refractivity contribution in [2.24, 2.45) is 23.2 Å². The number of aromatic nitrogens is 2. The van der Waals surface area contributed by atoms with Crippen LogP contribution < -0.4 is 4.84 Å². The molecule has 2 heterocycles. The van der Waals surface area contributed by atoms with Crippen molar-refractivity contribution < 1.29 is 29.1 Å². The highest BCUT2D eigenvalue weighted by molar-refractivity contribution is 6.29. The van der Waals surface area contributed by atoms with Crippen LogP contribution in [0.4, 0.5) is 4.79 Å². The van der Waals surface area contributed by atoms with Gasteiger partial charge >= 0.3 is 18.0 Å². The Hall–Kier alpha value is -2.58. The van der Waals surface area contributed by atoms with E-state index < -0.39 is 18.0 Å². The number of imidazole rings is 1. The molecular formula is C20H25N3O6. The Morgan fingerprint density at radius 1 is 1.10 bits per heavy atom. The molecule has 9 heteroatoms. The van der Waals surface area contributed by atoms with E-state index in [1.807, 2.05) is 0 Å². The van der Waals surface area contributed by atoms with Gasteiger partial charge in [0.2, 0.25) is 0 Å². The van der Waals surface area contributed by atoms with Crippen LogP contribution in [-0.4, -0.2) is 50.9 Å². The molecule has 5 aliphatic rings. The summed E-state index contributed by atoms with van der Waals surface area (Å²) in [5.74, 6) is 0.181. The minimum atomic E-state index is -1.07. The van der Waals surface area contributed by atoms with E-state index in [1.165, 1.54) is 30.5 Å². The minimum absolute atomic E-state index is 0.0408. The maximum atomic E-state index is 12.3. The molecule has 0 unspecified atom stereocenters. The molecule has 4 saturated carbocycles. The summed E-state index contributed by atoms with van der Waals surface area (Å²) < 4.78 is 6.55. The smallest absolute Gasteiger partial charge is 0.442 e. The van der Waals surface area contributed by atoms with Crippen LogP contribution in [0.3, 0.4) is 0 Å². The largest absolute Gasteiger partial charge is 0.465 e. The normalized spacial score (nSPS) is 32.0. The van der Waals surface area contributed by atoms with Gasteiger partial charge in [-0.3, -0.25) is 0 Å². The predicted octanol–water partition coefficient (Wildman–Crippen LogP) is 1.63. The molecule has 0 radical (unpaired) electrons. The number of hydrogen-bond acceptors (Lipinski definition) is 6. The van der Waals surface area contributed by atoms with Gasteiger partial charge in [-0.05, 0) is 56.3 Å². The quantitative estimate of drug-likeness (QED) is 0.603. The number of rotatable bonds is 3. The van der Waals surface area contributed by atoms with Gasteiger partial charge in [0, 0.05) is 18.4 Å². The first-order valence-corrected chi connectivity index (χ1v) is 10.3. The summed E-state index contributed by atoms with van der Waals surface area (Å²) in [5, 5.41) is 9.08. The average Bonchev–Trinajstić information content (AvgIpc) is 3.07. The van der Waals surface area contributed by atoms with E-state index >= 15 is 0 Å². The standard InChI is InChI=1S/C20H25N3O6/c24-17(28-10-20-6-12-3-13(7-20)5-14(4-12)8-20)18(25)29-23-11-21-15-9-22(19(26)27)2-1-16(15)23/h11-14H,1-10H2,(H,26,27). The maximum Gasteiger partial charge on any atom is 0.442 e. The van der Waals surface area contributed by atoms with Crippen molar-refractivity contribution in [3.05, 3.63) is 17.7 Å². The molecule has 29 heavy (non-hydrogen) atoms. The summed E-state index contributed by atoms with van der Waals surface area (Å²) in [6.45, 7) is 0.702. The average molecular weight is 403 g/mol. The highest BCUT2D eigenvalue weighted by atomic mass is 16.7. The second-order valence-electron chi connectivity index (χ2n) is 9.29. The lowest BCUT2D eigenvalue weighted by atomic mass is 9.50. The molecule has 0 spiro atoms. The molecule has 0 saturated heterocycles. The number of nitrogens with zero attached hydrogens (tertiary/aromatic N) is 3. The molecule has 6 rings (SSSR count). The van der Waals surface area contributed by atoms with Crippen molar-refractivity contribution in [1.82, 2.24) is 14.6 Å². The van der Waals surface area contributed by atoms with E-state index in [2.05, 4.69) is 4.98 Å². The van der Waals surface area contributed by atoms with Crippen LogP contribution in [0.25, 0.3) is 0 Å². The molecule has 1 aromatic rings. The molecule has 4 bridgehead atoms. The third-order valence-corrected chi connectivity index (χ3v) is 7.17. The minimum Gasteiger partial charge on any atom is -0.465 e. The monoisotopic (exact) mass is 403 g/mol. The Balaban J connectivity index is 1.18. The molecule has 156 valence electrons. The van der Waals surface area contributed by atoms with Crippen LogP contribution in [0.15, 0.2) is 6.33 Å². The fourth-order valence-corrected chi connectivity index (χ4v) is 6.39. The number of carbonyl (C=O) groups is 3. The zero-order valence-electron chi connectivity index (χ0n) is 16.2. The molecule has 1 amide bonds. The van der Waals surface area contributed by atoms with Crippen LogP contribution in [-0.2, 0) is 27.3 Å². The van der Waals surface area contributed by atoms with E-state index in [4.69, 9.17) is 14.7 Å². The molecule has 1 N–H and O–H groups in total. The molecule has 9 nitrogen and oxygen atoms in total. The highest BCUT2D eigenvalue weighted by Crippen LogP contribution is 2.60. The van der Waals surface area contributed by atoms with Gasteiger partial charge in [-0.15, -0.1) is 0 Å². The van der Waals surface area contributed by atoms with Crippen molar-refractivity contribution in [1.29, 1.82) is 0 Å². The van der Waals surface area contributed by atoms with E-state index in [-0.39, 0.29) is 18.5 Å². The third kappa shape index (κ3) is 3.36. The van der Waals surface area contributed by atoms with Crippen LogP contribution in [0, 0.1) is 23.2 Å². The topological polar surface area (TPSA) is 111 Å². The van der Waals surface area contributed by atoms with E-state index in [0.29, 0.717) is 24.4 Å². The van der Waals surface area contributed by atoms with Crippen molar-refractivity contribution in [3.63, 3.8) is 0 Å². The van der Waals surface area contributed by atoms with Crippen LogP contribution in [0.1, 0.15) is 49.9 Å². The molecular weight excluding hydrogens is 378 g/mol. The van der Waals surface area contributed by atoms with Gasteiger partial charge in [0.15, 0.2) is 0 Å². The van der Waals surface area contributed by atoms with Gasteiger partial charge < -0.3 is 19.6 Å². The van der Waals surface area contributed by atoms with Gasteiger partial charge in [-0.1, -0.05) is 0 Å². The lowest BCUT2D eigenvalue weighted by molar-refractivity contribution is -0.174. The number of amides is 1. The lowest BCUT2D eigenvalue weighted by Crippen LogP contribution is -2.48. The molecule has 4 aliphatic carbocycles. The second kappa shape index (κ2) is 6.74. The van der Waals surface area contributed by atoms with E-state index in [0.717, 1.165) is 41.7 Å². The van der Waals surface area contributed by atoms with Gasteiger partial charge in [0.25, 0.3) is 0 Å². The summed E-state index contributed by atoms with van der Waals surface area (Å²) in [6.07, 6.45) is 7.83. The number of fused-ring (bicyclic) bond motifs is 1. The first-order valence-electron chi connectivity index (χ1n) is 10.3. The van der Waals surface area contributed by atoms with Crippen molar-refractivity contribution in [2.45, 2.75) is 51.5 Å². The summed E-state index contributed by atoms with van der Waals surface area (Å²) in [7, 11) is 0. The Morgan fingerprint density at radius 2 is 1.76 bits per heavy atom. The third-order valence-electron chi connectivity index (χ3n) is 7.17. The lowest BCUT2D eigenvalue weighted by Gasteiger charge is -2.56. The first-order chi connectivity index (χ1) is 13.9. The molecule has 4 fully saturated rings. The second-order valence-corrected chi connectivity index (χ2v) is 9.29. The Morgan fingerprint density at radius 3 is 2.38 bits per heavy atom. The van der Waals surface area contributed by atoms with Crippen molar-refractivity contribution >= 4 is 18.0 Å². The zero-order chi connectivity index (χ0) is 20.2. The SMILES string of the molecule is O=C(OCC12CC3CC(CC(C3)C1)C2)C(=O)On1cnc2c1CCN(C(=O)O)C2. The number of carbonyl (C=O) groups excluding carboxylic acids is 2. The Bertz CT molecular complexity index is 827. The van der Waals surface area contributed by atoms with Gasteiger partial charge in [0.05, 0.1) is 24.5 Å². The molecule has 1 aliphatic heterocycles. The zero-order valence-corrected chi connectivity index (χ0v) is 16.2. The molecule has 0 aromatic carbocycles. The predicted molar refractivity (Wildman–Crippen MR) is 97.5 cm³/mol. The van der Waals surface area contributed by atoms with Crippen LogP contribution in [0.2, 0.25) is 0 Å². The summed E-state index contributed by atoms with van der Waals surface area (Å²) >= 11 is 0. The van der Waals surface area contributed by atoms with Gasteiger partial charge in [0.1, 0.15) is 6.33 Å². The Kier molecular flexibility index (Phi) is 4.29. The maximum absolute atomic E-state index is 12.3. The van der Waals surface area contributed by atoms with Gasteiger partial charge in [-0.25, -0.2) is 19.4 Å². The molecule has 1 aromatic heterocycles. The molecule has 0 atom stereocenters. The van der Waals surface area contributed by atoms with E-state index in [9.17, 15) is 14.4 Å². The number of ether oxygens (including phenoxy) is 1. The van der Waals surface area contributed by atoms with Crippen LogP contribution >= 0.6 is 0 Å². The number of hydrogen-bond donors (Lipinski definition) is 1. The van der Waals surface area contributed by atoms with Gasteiger partial charge in [-0.2, -0.15) is 4.73 Å². The summed E-state index contributed by atoms with van der Waals surface area (Å²) in [6, 6.07) is 0.